The van der Waals surface area contributed by atoms with Gasteiger partial charge in [-0.1, -0.05) is 17.3 Å². The Morgan fingerprint density at radius 3 is 2.71 bits per heavy atom. The Morgan fingerprint density at radius 1 is 1.33 bits per heavy atom. The van der Waals surface area contributed by atoms with E-state index in [4.69, 9.17) is 20.4 Å². The molecule has 1 aromatic heterocycles. The van der Waals surface area contributed by atoms with Gasteiger partial charge < -0.3 is 20.4 Å². The number of oxime groups is 1. The summed E-state index contributed by atoms with van der Waals surface area (Å²) in [7, 11) is 0. The average Bonchev–Trinajstić information content (AvgIpc) is 2.97. The molecule has 8 heteroatoms. The van der Waals surface area contributed by atoms with Gasteiger partial charge in [0, 0.05) is 0 Å². The first kappa shape index (κ1) is 14.6. The van der Waals surface area contributed by atoms with Crippen molar-refractivity contribution >= 4 is 5.84 Å². The predicted molar refractivity (Wildman–Crippen MR) is 75.6 cm³/mol. The second-order valence-electron chi connectivity index (χ2n) is 4.04. The van der Waals surface area contributed by atoms with Gasteiger partial charge in [0.15, 0.2) is 11.5 Å². The molecule has 112 valence electrons. The van der Waals surface area contributed by atoms with Gasteiger partial charge in [0.05, 0.1) is 13.2 Å². The molecule has 0 saturated carbocycles. The molecular formula is C13H17N5O3. The van der Waals surface area contributed by atoms with E-state index in [0.29, 0.717) is 31.3 Å². The predicted octanol–water partition coefficient (Wildman–Crippen LogP) is 0.850. The van der Waals surface area contributed by atoms with Crippen LogP contribution in [0.4, 0.5) is 0 Å². The number of hydrogen-bond acceptors (Lipinski definition) is 6. The van der Waals surface area contributed by atoms with Gasteiger partial charge in [0.2, 0.25) is 11.7 Å². The van der Waals surface area contributed by atoms with Crippen LogP contribution in [-0.4, -0.2) is 39.0 Å². The van der Waals surface area contributed by atoms with Crippen LogP contribution in [0.15, 0.2) is 35.7 Å². The van der Waals surface area contributed by atoms with E-state index in [1.165, 1.54) is 6.33 Å². The summed E-state index contributed by atoms with van der Waals surface area (Å²) in [5.41, 5.74) is 5.39. The molecule has 0 amide bonds. The van der Waals surface area contributed by atoms with Gasteiger partial charge in [0.25, 0.3) is 0 Å². The minimum absolute atomic E-state index is 0.128. The van der Waals surface area contributed by atoms with Crippen LogP contribution in [0.3, 0.4) is 0 Å². The lowest BCUT2D eigenvalue weighted by Gasteiger charge is -2.11. The number of nitrogens with two attached hydrogens (primary N) is 1. The maximum Gasteiger partial charge on any atom is 0.219 e. The highest BCUT2D eigenvalue weighted by molar-refractivity contribution is 5.93. The maximum atomic E-state index is 8.54. The Morgan fingerprint density at radius 2 is 2.05 bits per heavy atom. The number of ether oxygens (including phenoxy) is 2. The highest BCUT2D eigenvalue weighted by Crippen LogP contribution is 2.26. The van der Waals surface area contributed by atoms with Gasteiger partial charge in [-0.3, -0.25) is 0 Å². The average molecular weight is 291 g/mol. The molecule has 0 spiro atoms. The van der Waals surface area contributed by atoms with Crippen LogP contribution in [0.2, 0.25) is 0 Å². The van der Waals surface area contributed by atoms with Gasteiger partial charge in [-0.25, -0.2) is 9.67 Å². The number of hydrogen-bond donors (Lipinski definition) is 2. The first-order valence-corrected chi connectivity index (χ1v) is 6.46. The summed E-state index contributed by atoms with van der Waals surface area (Å²) in [6, 6.07) is 7.46. The van der Waals surface area contributed by atoms with Gasteiger partial charge >= 0.3 is 0 Å². The van der Waals surface area contributed by atoms with E-state index in [9.17, 15) is 0 Å². The van der Waals surface area contributed by atoms with Crippen molar-refractivity contribution in [3.05, 3.63) is 36.4 Å². The minimum atomic E-state index is -0.128. The summed E-state index contributed by atoms with van der Waals surface area (Å²) in [6.07, 6.45) is 1.49. The quantitative estimate of drug-likeness (QED) is 0.339. The SMILES string of the molecule is CCOc1ccccc1OCCn1cnc(C(N)=NO)n1. The molecule has 0 radical (unpaired) electrons. The lowest BCUT2D eigenvalue weighted by Crippen LogP contribution is -2.16. The zero-order chi connectivity index (χ0) is 15.1. The molecule has 21 heavy (non-hydrogen) atoms. The second kappa shape index (κ2) is 7.13. The van der Waals surface area contributed by atoms with Crippen molar-refractivity contribution in [3.63, 3.8) is 0 Å². The summed E-state index contributed by atoms with van der Waals surface area (Å²) in [4.78, 5) is 3.92. The van der Waals surface area contributed by atoms with E-state index >= 15 is 0 Å². The first-order chi connectivity index (χ1) is 10.2. The number of nitrogens with zero attached hydrogens (tertiary/aromatic N) is 4. The molecule has 0 aliphatic rings. The van der Waals surface area contributed by atoms with Crippen LogP contribution in [0, 0.1) is 0 Å². The van der Waals surface area contributed by atoms with Crippen molar-refractivity contribution in [2.45, 2.75) is 13.5 Å². The molecule has 0 atom stereocenters. The first-order valence-electron chi connectivity index (χ1n) is 6.46. The molecule has 1 heterocycles. The van der Waals surface area contributed by atoms with Crippen molar-refractivity contribution < 1.29 is 14.7 Å². The van der Waals surface area contributed by atoms with Crippen LogP contribution in [0.5, 0.6) is 11.5 Å². The Hall–Kier alpha value is -2.77. The highest BCUT2D eigenvalue weighted by atomic mass is 16.5. The fraction of sp³-hybridized carbons (Fsp3) is 0.308. The maximum absolute atomic E-state index is 8.54. The Bertz CT molecular complexity index is 611. The smallest absolute Gasteiger partial charge is 0.219 e. The summed E-state index contributed by atoms with van der Waals surface area (Å²) < 4.78 is 12.7. The van der Waals surface area contributed by atoms with Crippen LogP contribution in [0.25, 0.3) is 0 Å². The van der Waals surface area contributed by atoms with Crippen molar-refractivity contribution in [1.82, 2.24) is 14.8 Å². The molecule has 0 saturated heterocycles. The lowest BCUT2D eigenvalue weighted by atomic mass is 10.3. The fourth-order valence-electron chi connectivity index (χ4n) is 1.66. The molecular weight excluding hydrogens is 274 g/mol. The Kier molecular flexibility index (Phi) is 4.97. The standard InChI is InChI=1S/C13H17N5O3/c1-2-20-10-5-3-4-6-11(10)21-8-7-18-9-15-13(16-18)12(14)17-19/h3-6,9,19H,2,7-8H2,1H3,(H2,14,17). The number of amidine groups is 1. The van der Waals surface area contributed by atoms with Gasteiger partial charge in [-0.15, -0.1) is 5.10 Å². The van der Waals surface area contributed by atoms with Crippen LogP contribution in [0.1, 0.15) is 12.7 Å². The Balaban J connectivity index is 1.91. The van der Waals surface area contributed by atoms with Crippen LogP contribution < -0.4 is 15.2 Å². The summed E-state index contributed by atoms with van der Waals surface area (Å²) >= 11 is 0. The highest BCUT2D eigenvalue weighted by Gasteiger charge is 2.07. The lowest BCUT2D eigenvalue weighted by molar-refractivity contribution is 0.262. The molecule has 0 aliphatic carbocycles. The fourth-order valence-corrected chi connectivity index (χ4v) is 1.66. The molecule has 2 aromatic rings. The third-order valence-corrected chi connectivity index (χ3v) is 2.60. The van der Waals surface area contributed by atoms with E-state index in [1.807, 2.05) is 31.2 Å². The third-order valence-electron chi connectivity index (χ3n) is 2.60. The zero-order valence-electron chi connectivity index (χ0n) is 11.6. The summed E-state index contributed by atoms with van der Waals surface area (Å²) in [6.45, 7) is 3.36. The summed E-state index contributed by atoms with van der Waals surface area (Å²) in [5.74, 6) is 1.43. The van der Waals surface area contributed by atoms with E-state index < -0.39 is 0 Å². The molecule has 1 aromatic carbocycles. The number of aromatic nitrogens is 3. The minimum Gasteiger partial charge on any atom is -0.490 e. The van der Waals surface area contributed by atoms with Crippen molar-refractivity contribution in [2.75, 3.05) is 13.2 Å². The van der Waals surface area contributed by atoms with Gasteiger partial charge in [-0.2, -0.15) is 0 Å². The number of benzene rings is 1. The molecule has 0 unspecified atom stereocenters. The van der Waals surface area contributed by atoms with E-state index in [1.54, 1.807) is 4.68 Å². The monoisotopic (exact) mass is 291 g/mol. The normalized spacial score (nSPS) is 11.4. The van der Waals surface area contributed by atoms with Gasteiger partial charge in [0.1, 0.15) is 12.9 Å². The van der Waals surface area contributed by atoms with Crippen LogP contribution >= 0.6 is 0 Å². The summed E-state index contributed by atoms with van der Waals surface area (Å²) in [5, 5.41) is 15.4. The van der Waals surface area contributed by atoms with Gasteiger partial charge in [-0.05, 0) is 19.1 Å². The largest absolute Gasteiger partial charge is 0.490 e. The van der Waals surface area contributed by atoms with E-state index in [2.05, 4.69) is 15.2 Å². The molecule has 0 fully saturated rings. The van der Waals surface area contributed by atoms with Crippen LogP contribution in [-0.2, 0) is 6.54 Å². The Labute approximate surface area is 121 Å². The second-order valence-corrected chi connectivity index (χ2v) is 4.04. The molecule has 8 nitrogen and oxygen atoms in total. The molecule has 3 N–H and O–H groups in total. The van der Waals surface area contributed by atoms with E-state index in [0.717, 1.165) is 0 Å². The molecule has 2 rings (SSSR count). The topological polar surface area (TPSA) is 108 Å². The molecule has 0 bridgehead atoms. The number of para-hydroxylation sites is 2. The van der Waals surface area contributed by atoms with Crippen molar-refractivity contribution in [3.8, 4) is 11.5 Å². The third kappa shape index (κ3) is 3.85. The van der Waals surface area contributed by atoms with E-state index in [-0.39, 0.29) is 11.7 Å². The van der Waals surface area contributed by atoms with Crippen molar-refractivity contribution in [1.29, 1.82) is 0 Å². The van der Waals surface area contributed by atoms with Crippen molar-refractivity contribution in [2.24, 2.45) is 10.9 Å². The zero-order valence-corrected chi connectivity index (χ0v) is 11.6. The number of rotatable bonds is 7. The molecule has 0 aliphatic heterocycles.